The molecule has 0 fully saturated rings. The molecule has 2 aromatic rings. The highest BCUT2D eigenvalue weighted by Gasteiger charge is 2.35. The summed E-state index contributed by atoms with van der Waals surface area (Å²) in [7, 11) is 0. The van der Waals surface area contributed by atoms with Gasteiger partial charge in [0.25, 0.3) is 5.91 Å². The summed E-state index contributed by atoms with van der Waals surface area (Å²) in [6.45, 7) is 7.63. The van der Waals surface area contributed by atoms with Gasteiger partial charge in [0.15, 0.2) is 10.9 Å². The topological polar surface area (TPSA) is 70.4 Å². The first-order valence-corrected chi connectivity index (χ1v) is 8.72. The van der Waals surface area contributed by atoms with Gasteiger partial charge in [-0.1, -0.05) is 29.4 Å². The summed E-state index contributed by atoms with van der Waals surface area (Å²) in [6.07, 6.45) is 1.68. The van der Waals surface area contributed by atoms with Gasteiger partial charge in [0.2, 0.25) is 0 Å². The van der Waals surface area contributed by atoms with E-state index in [0.717, 1.165) is 0 Å². The molecule has 0 radical (unpaired) electrons. The van der Waals surface area contributed by atoms with Gasteiger partial charge < -0.3 is 20.1 Å². The lowest BCUT2D eigenvalue weighted by Crippen LogP contribution is -2.48. The van der Waals surface area contributed by atoms with Crippen LogP contribution in [0.15, 0.2) is 58.8 Å². The van der Waals surface area contributed by atoms with Crippen molar-refractivity contribution in [3.63, 3.8) is 0 Å². The monoisotopic (exact) mass is 386 g/mol. The van der Waals surface area contributed by atoms with Gasteiger partial charge >= 0.3 is 0 Å². The molecule has 0 saturated carbocycles. The summed E-state index contributed by atoms with van der Waals surface area (Å²) < 4.78 is 19.4. The maximum Gasteiger partial charge on any atom is 0.257 e. The van der Waals surface area contributed by atoms with E-state index in [-0.39, 0.29) is 5.82 Å². The van der Waals surface area contributed by atoms with E-state index in [2.05, 4.69) is 22.4 Å². The first kappa shape index (κ1) is 18.8. The van der Waals surface area contributed by atoms with Gasteiger partial charge in [-0.05, 0) is 32.1 Å². The fourth-order valence-electron chi connectivity index (χ4n) is 2.98. The zero-order valence-corrected chi connectivity index (χ0v) is 15.8. The number of rotatable bonds is 5. The van der Waals surface area contributed by atoms with Gasteiger partial charge in [-0.15, -0.1) is 6.58 Å². The summed E-state index contributed by atoms with van der Waals surface area (Å²) >= 11 is 5.41. The summed E-state index contributed by atoms with van der Waals surface area (Å²) in [5.74, 6) is 0.00913. The lowest BCUT2D eigenvalue weighted by molar-refractivity contribution is -0.113. The van der Waals surface area contributed by atoms with Crippen LogP contribution in [0, 0.1) is 12.7 Å². The van der Waals surface area contributed by atoms with Crippen molar-refractivity contribution < 1.29 is 13.7 Å². The van der Waals surface area contributed by atoms with E-state index in [4.69, 9.17) is 16.7 Å². The summed E-state index contributed by atoms with van der Waals surface area (Å²) in [5, 5.41) is 9.95. The molecule has 0 saturated heterocycles. The van der Waals surface area contributed by atoms with Gasteiger partial charge in [-0.2, -0.15) is 0 Å². The van der Waals surface area contributed by atoms with Crippen molar-refractivity contribution in [3.05, 3.63) is 71.4 Å². The van der Waals surface area contributed by atoms with E-state index in [9.17, 15) is 9.18 Å². The molecule has 1 amide bonds. The van der Waals surface area contributed by atoms with E-state index in [1.807, 2.05) is 0 Å². The number of hydrogen-bond acceptors (Lipinski definition) is 4. The fourth-order valence-corrected chi connectivity index (χ4v) is 3.31. The molecule has 0 aliphatic carbocycles. The normalized spacial score (nSPS) is 16.9. The minimum atomic E-state index is -0.729. The van der Waals surface area contributed by atoms with Crippen molar-refractivity contribution in [3.8, 4) is 0 Å². The predicted octanol–water partition coefficient (Wildman–Crippen LogP) is 3.45. The molecular formula is C19H19FN4O2S. The molecule has 27 heavy (non-hydrogen) atoms. The molecule has 6 nitrogen and oxygen atoms in total. The first-order valence-electron chi connectivity index (χ1n) is 8.31. The summed E-state index contributed by atoms with van der Waals surface area (Å²) in [5.41, 5.74) is 1.29. The molecule has 1 aliphatic rings. The van der Waals surface area contributed by atoms with Crippen LogP contribution in [-0.2, 0) is 4.79 Å². The second-order valence-corrected chi connectivity index (χ2v) is 6.47. The molecule has 2 N–H and O–H groups in total. The Morgan fingerprint density at radius 2 is 2.22 bits per heavy atom. The standard InChI is InChI=1S/C19H19FN4O2S/c1-4-9-24-12(3)16(18(25)21-15-10-11(2)26-23-15)17(22-19(24)27)13-7-5-6-8-14(13)20/h4-8,10,17H,1,9H2,2-3H3,(H,22,27)(H,21,23,25)/t17-/m1/s1. The number of allylic oxidation sites excluding steroid dienone is 1. The number of benzene rings is 1. The predicted molar refractivity (Wildman–Crippen MR) is 104 cm³/mol. The van der Waals surface area contributed by atoms with Crippen molar-refractivity contribution in [2.75, 3.05) is 11.9 Å². The Balaban J connectivity index is 2.06. The molecule has 1 atom stereocenters. The van der Waals surface area contributed by atoms with Crippen LogP contribution in [0.3, 0.4) is 0 Å². The number of amides is 1. The zero-order chi connectivity index (χ0) is 19.6. The second kappa shape index (κ2) is 7.71. The van der Waals surface area contributed by atoms with Crippen molar-refractivity contribution in [2.45, 2.75) is 19.9 Å². The van der Waals surface area contributed by atoms with Crippen LogP contribution in [0.1, 0.15) is 24.3 Å². The van der Waals surface area contributed by atoms with Crippen LogP contribution < -0.4 is 10.6 Å². The van der Waals surface area contributed by atoms with Crippen LogP contribution in [0.2, 0.25) is 0 Å². The molecule has 1 aromatic heterocycles. The maximum atomic E-state index is 14.4. The van der Waals surface area contributed by atoms with Crippen LogP contribution in [0.25, 0.3) is 0 Å². The molecular weight excluding hydrogens is 367 g/mol. The van der Waals surface area contributed by atoms with Crippen molar-refractivity contribution in [1.82, 2.24) is 15.4 Å². The average molecular weight is 386 g/mol. The number of nitrogens with zero attached hydrogens (tertiary/aromatic N) is 2. The molecule has 1 aromatic carbocycles. The quantitative estimate of drug-likeness (QED) is 0.606. The van der Waals surface area contributed by atoms with Gasteiger partial charge in [-0.3, -0.25) is 4.79 Å². The third-order valence-electron chi connectivity index (χ3n) is 4.24. The van der Waals surface area contributed by atoms with Crippen LogP contribution in [0.5, 0.6) is 0 Å². The SMILES string of the molecule is C=CCN1C(=S)N[C@H](c2ccccc2F)C(C(=O)Nc2cc(C)on2)=C1C. The number of carbonyl (C=O) groups is 1. The van der Waals surface area contributed by atoms with E-state index in [1.165, 1.54) is 6.07 Å². The molecule has 8 heteroatoms. The van der Waals surface area contributed by atoms with Gasteiger partial charge in [0.1, 0.15) is 11.6 Å². The number of aryl methyl sites for hydroxylation is 1. The lowest BCUT2D eigenvalue weighted by atomic mass is 9.94. The minimum Gasteiger partial charge on any atom is -0.360 e. The molecule has 140 valence electrons. The second-order valence-electron chi connectivity index (χ2n) is 6.08. The third-order valence-corrected chi connectivity index (χ3v) is 4.58. The Labute approximate surface area is 161 Å². The lowest BCUT2D eigenvalue weighted by Gasteiger charge is -2.37. The molecule has 2 heterocycles. The molecule has 0 spiro atoms. The number of anilines is 1. The van der Waals surface area contributed by atoms with E-state index in [0.29, 0.717) is 34.3 Å². The first-order chi connectivity index (χ1) is 12.9. The van der Waals surface area contributed by atoms with E-state index in [1.54, 1.807) is 49.1 Å². The number of thiocarbonyl (C=S) groups is 1. The molecule has 1 aliphatic heterocycles. The number of nitrogens with one attached hydrogen (secondary N) is 2. The van der Waals surface area contributed by atoms with Gasteiger partial charge in [0, 0.05) is 23.9 Å². The van der Waals surface area contributed by atoms with Crippen molar-refractivity contribution in [1.29, 1.82) is 0 Å². The molecule has 0 bridgehead atoms. The van der Waals surface area contributed by atoms with Crippen molar-refractivity contribution in [2.24, 2.45) is 0 Å². The third kappa shape index (κ3) is 3.75. The molecule has 0 unspecified atom stereocenters. The fraction of sp³-hybridized carbons (Fsp3) is 0.211. The van der Waals surface area contributed by atoms with Crippen molar-refractivity contribution >= 4 is 29.1 Å². The Hall–Kier alpha value is -3.00. The Kier molecular flexibility index (Phi) is 5.36. The van der Waals surface area contributed by atoms with Gasteiger partial charge in [0.05, 0.1) is 11.6 Å². The molecule has 3 rings (SSSR count). The number of carbonyl (C=O) groups excluding carboxylic acids is 1. The van der Waals surface area contributed by atoms with Crippen LogP contribution >= 0.6 is 12.2 Å². The average Bonchev–Trinajstić information content (AvgIpc) is 3.03. The van der Waals surface area contributed by atoms with Crippen LogP contribution in [0.4, 0.5) is 10.2 Å². The minimum absolute atomic E-state index is 0.286. The zero-order valence-electron chi connectivity index (χ0n) is 15.0. The van der Waals surface area contributed by atoms with Crippen LogP contribution in [-0.4, -0.2) is 27.6 Å². The highest BCUT2D eigenvalue weighted by Crippen LogP contribution is 2.32. The highest BCUT2D eigenvalue weighted by atomic mass is 32.1. The van der Waals surface area contributed by atoms with E-state index >= 15 is 0 Å². The number of halogens is 1. The Morgan fingerprint density at radius 3 is 2.85 bits per heavy atom. The van der Waals surface area contributed by atoms with E-state index < -0.39 is 17.8 Å². The largest absolute Gasteiger partial charge is 0.360 e. The number of hydrogen-bond donors (Lipinski definition) is 2. The maximum absolute atomic E-state index is 14.4. The summed E-state index contributed by atoms with van der Waals surface area (Å²) in [4.78, 5) is 14.8. The Morgan fingerprint density at radius 1 is 1.48 bits per heavy atom. The smallest absolute Gasteiger partial charge is 0.257 e. The Bertz CT molecular complexity index is 937. The highest BCUT2D eigenvalue weighted by molar-refractivity contribution is 7.80. The summed E-state index contributed by atoms with van der Waals surface area (Å²) in [6, 6.07) is 7.16. The number of aromatic nitrogens is 1. The van der Waals surface area contributed by atoms with Gasteiger partial charge in [-0.25, -0.2) is 4.39 Å².